The van der Waals surface area contributed by atoms with Gasteiger partial charge in [-0.1, -0.05) is 72.8 Å². The fourth-order valence-electron chi connectivity index (χ4n) is 5.91. The van der Waals surface area contributed by atoms with Crippen molar-refractivity contribution in [1.82, 2.24) is 9.21 Å². The Labute approximate surface area is 252 Å². The van der Waals surface area contributed by atoms with Crippen molar-refractivity contribution in [3.8, 4) is 11.5 Å². The van der Waals surface area contributed by atoms with Crippen LogP contribution in [0.4, 0.5) is 5.69 Å². The number of hydrogen-bond donors (Lipinski definition) is 0. The lowest BCUT2D eigenvalue weighted by molar-refractivity contribution is -0.387. The molecule has 0 saturated carbocycles. The van der Waals surface area contributed by atoms with Crippen molar-refractivity contribution in [3.63, 3.8) is 0 Å². The molecule has 1 aliphatic heterocycles. The number of rotatable bonds is 11. The highest BCUT2D eigenvalue weighted by Crippen LogP contribution is 2.40. The number of nitrogens with zero attached hydrogens (tertiary/aromatic N) is 3. The summed E-state index contributed by atoms with van der Waals surface area (Å²) in [6.07, 6.45) is 1.33. The molecule has 0 radical (unpaired) electrons. The largest absolute Gasteiger partial charge is 0.497 e. The molecule has 2 atom stereocenters. The molecule has 0 aliphatic carbocycles. The molecule has 1 heterocycles. The lowest BCUT2D eigenvalue weighted by Crippen LogP contribution is -2.51. The van der Waals surface area contributed by atoms with E-state index in [1.165, 1.54) is 28.6 Å². The number of methoxy groups -OCH3 is 2. The molecule has 5 rings (SSSR count). The molecule has 1 saturated heterocycles. The van der Waals surface area contributed by atoms with E-state index in [0.717, 1.165) is 29.8 Å². The standard InChI is InChI=1S/C33H35N3O6S/c1-41-28-20-18-25(19-21-28)23-34-22-10-15-30(33(34)26-11-4-3-5-12-26)35(24-27-13-6-8-16-31(27)42-2)43(39,40)32-17-9-7-14-29(32)36(37)38/h3-9,11-14,16-21,30,33H,10,15,22-24H2,1-2H3/t30-,33+/m0/s1. The van der Waals surface area contributed by atoms with Crippen LogP contribution in [-0.4, -0.2) is 49.4 Å². The van der Waals surface area contributed by atoms with E-state index in [0.29, 0.717) is 24.3 Å². The number of ether oxygens (including phenoxy) is 2. The molecule has 9 nitrogen and oxygen atoms in total. The van der Waals surface area contributed by atoms with Gasteiger partial charge >= 0.3 is 0 Å². The van der Waals surface area contributed by atoms with Crippen molar-refractivity contribution < 1.29 is 22.8 Å². The molecule has 1 fully saturated rings. The third-order valence-corrected chi connectivity index (χ3v) is 9.84. The smallest absolute Gasteiger partial charge is 0.289 e. The topological polar surface area (TPSA) is 102 Å². The second kappa shape index (κ2) is 13.4. The fourth-order valence-corrected chi connectivity index (χ4v) is 7.70. The normalized spacial score (nSPS) is 17.5. The number of likely N-dealkylation sites (tertiary alicyclic amines) is 1. The van der Waals surface area contributed by atoms with E-state index in [2.05, 4.69) is 4.90 Å². The molecule has 0 spiro atoms. The van der Waals surface area contributed by atoms with E-state index < -0.39 is 26.7 Å². The Hall–Kier alpha value is -4.25. The first kappa shape index (κ1) is 30.2. The van der Waals surface area contributed by atoms with Gasteiger partial charge in [0.25, 0.3) is 15.7 Å². The van der Waals surface area contributed by atoms with Crippen molar-refractivity contribution in [2.75, 3.05) is 20.8 Å². The van der Waals surface area contributed by atoms with Crippen LogP contribution in [0.1, 0.15) is 35.6 Å². The average Bonchev–Trinajstić information content (AvgIpc) is 3.04. The first-order valence-corrected chi connectivity index (χ1v) is 15.6. The Morgan fingerprint density at radius 3 is 2.26 bits per heavy atom. The Morgan fingerprint density at radius 1 is 0.884 bits per heavy atom. The number of benzene rings is 4. The highest BCUT2D eigenvalue weighted by atomic mass is 32.2. The summed E-state index contributed by atoms with van der Waals surface area (Å²) in [5.74, 6) is 1.31. The van der Waals surface area contributed by atoms with Crippen LogP contribution in [0.3, 0.4) is 0 Å². The number of nitro benzene ring substituents is 1. The van der Waals surface area contributed by atoms with E-state index >= 15 is 0 Å². The fraction of sp³-hybridized carbons (Fsp3) is 0.273. The van der Waals surface area contributed by atoms with Gasteiger partial charge in [0.05, 0.1) is 25.2 Å². The summed E-state index contributed by atoms with van der Waals surface area (Å²) in [5.41, 5.74) is 2.27. The van der Waals surface area contributed by atoms with Crippen LogP contribution in [0.2, 0.25) is 0 Å². The predicted molar refractivity (Wildman–Crippen MR) is 164 cm³/mol. The molecular weight excluding hydrogens is 566 g/mol. The van der Waals surface area contributed by atoms with Gasteiger partial charge in [-0.25, -0.2) is 8.42 Å². The summed E-state index contributed by atoms with van der Waals surface area (Å²) in [6, 6.07) is 29.7. The Bertz CT molecular complexity index is 1650. The lowest BCUT2D eigenvalue weighted by atomic mass is 9.89. The lowest BCUT2D eigenvalue weighted by Gasteiger charge is -2.46. The molecule has 4 aromatic rings. The summed E-state index contributed by atoms with van der Waals surface area (Å²) in [4.78, 5) is 13.3. The van der Waals surface area contributed by atoms with Gasteiger partial charge in [-0.15, -0.1) is 0 Å². The van der Waals surface area contributed by atoms with Crippen molar-refractivity contribution >= 4 is 15.7 Å². The first-order valence-electron chi connectivity index (χ1n) is 14.1. The van der Waals surface area contributed by atoms with Gasteiger partial charge in [0.15, 0.2) is 4.90 Å². The molecule has 224 valence electrons. The van der Waals surface area contributed by atoms with Crippen molar-refractivity contribution in [3.05, 3.63) is 130 Å². The zero-order chi connectivity index (χ0) is 30.4. The van der Waals surface area contributed by atoms with Crippen LogP contribution >= 0.6 is 0 Å². The Morgan fingerprint density at radius 2 is 1.56 bits per heavy atom. The molecule has 0 amide bonds. The summed E-state index contributed by atoms with van der Waals surface area (Å²) >= 11 is 0. The van der Waals surface area contributed by atoms with Gasteiger partial charge in [-0.05, 0) is 54.8 Å². The quantitative estimate of drug-likeness (QED) is 0.149. The summed E-state index contributed by atoms with van der Waals surface area (Å²) < 4.78 is 41.6. The second-order valence-corrected chi connectivity index (χ2v) is 12.3. The minimum Gasteiger partial charge on any atom is -0.497 e. The van der Waals surface area contributed by atoms with Gasteiger partial charge in [-0.2, -0.15) is 4.31 Å². The molecule has 4 aromatic carbocycles. The third-order valence-electron chi connectivity index (χ3n) is 7.93. The van der Waals surface area contributed by atoms with Crippen molar-refractivity contribution in [2.24, 2.45) is 0 Å². The van der Waals surface area contributed by atoms with Gasteiger partial charge in [0.2, 0.25) is 0 Å². The van der Waals surface area contributed by atoms with Crippen LogP contribution in [0.25, 0.3) is 0 Å². The van der Waals surface area contributed by atoms with Gasteiger partial charge in [0, 0.05) is 30.8 Å². The number of sulfonamides is 1. The summed E-state index contributed by atoms with van der Waals surface area (Å²) in [7, 11) is -1.18. The minimum atomic E-state index is -4.35. The minimum absolute atomic E-state index is 0.0111. The molecule has 0 unspecified atom stereocenters. The maximum absolute atomic E-state index is 14.6. The molecular formula is C33H35N3O6S. The Kier molecular flexibility index (Phi) is 9.40. The van der Waals surface area contributed by atoms with Gasteiger partial charge in [0.1, 0.15) is 11.5 Å². The van der Waals surface area contributed by atoms with Crippen LogP contribution in [0.15, 0.2) is 108 Å². The summed E-state index contributed by atoms with van der Waals surface area (Å²) in [5, 5.41) is 12.0. The van der Waals surface area contributed by atoms with Crippen LogP contribution in [-0.2, 0) is 23.1 Å². The zero-order valence-electron chi connectivity index (χ0n) is 24.2. The summed E-state index contributed by atoms with van der Waals surface area (Å²) in [6.45, 7) is 1.34. The average molecular weight is 602 g/mol. The number of hydrogen-bond acceptors (Lipinski definition) is 7. The van der Waals surface area contributed by atoms with E-state index in [-0.39, 0.29) is 17.5 Å². The number of para-hydroxylation sites is 2. The zero-order valence-corrected chi connectivity index (χ0v) is 25.0. The van der Waals surface area contributed by atoms with Gasteiger partial charge in [-0.3, -0.25) is 15.0 Å². The molecule has 0 aromatic heterocycles. The third kappa shape index (κ3) is 6.56. The Balaban J connectivity index is 1.64. The molecule has 0 N–H and O–H groups in total. The van der Waals surface area contributed by atoms with E-state index in [4.69, 9.17) is 9.47 Å². The first-order chi connectivity index (χ1) is 20.8. The van der Waals surface area contributed by atoms with Crippen molar-refractivity contribution in [2.45, 2.75) is 42.9 Å². The van der Waals surface area contributed by atoms with E-state index in [1.54, 1.807) is 20.3 Å². The van der Waals surface area contributed by atoms with Crippen LogP contribution in [0, 0.1) is 10.1 Å². The van der Waals surface area contributed by atoms with Crippen LogP contribution in [0.5, 0.6) is 11.5 Å². The number of piperidine rings is 1. The maximum atomic E-state index is 14.6. The van der Waals surface area contributed by atoms with Crippen LogP contribution < -0.4 is 9.47 Å². The highest BCUT2D eigenvalue weighted by Gasteiger charge is 2.43. The highest BCUT2D eigenvalue weighted by molar-refractivity contribution is 7.89. The molecule has 10 heteroatoms. The molecule has 1 aliphatic rings. The van der Waals surface area contributed by atoms with Crippen molar-refractivity contribution in [1.29, 1.82) is 0 Å². The predicted octanol–water partition coefficient (Wildman–Crippen LogP) is 6.21. The maximum Gasteiger partial charge on any atom is 0.289 e. The number of nitro groups is 1. The SMILES string of the molecule is COc1ccc(CN2CCC[C@H](N(Cc3ccccc3OC)S(=O)(=O)c3ccccc3[N+](=O)[O-])[C@H]2c2ccccc2)cc1. The molecule has 0 bridgehead atoms. The van der Waals surface area contributed by atoms with Gasteiger partial charge < -0.3 is 9.47 Å². The van der Waals surface area contributed by atoms with E-state index in [1.807, 2.05) is 72.8 Å². The van der Waals surface area contributed by atoms with E-state index in [9.17, 15) is 18.5 Å². The monoisotopic (exact) mass is 601 g/mol. The second-order valence-electron chi connectivity index (χ2n) is 10.5. The molecule has 43 heavy (non-hydrogen) atoms.